The molecule has 45 heavy (non-hydrogen) atoms. The highest BCUT2D eigenvalue weighted by Crippen LogP contribution is 2.26. The van der Waals surface area contributed by atoms with Gasteiger partial charge in [0.1, 0.15) is 12.6 Å². The fraction of sp³-hybridized carbons (Fsp3) is 0.257. The number of sulfonamides is 1. The Morgan fingerprint density at radius 1 is 0.822 bits per heavy atom. The molecule has 0 saturated carbocycles. The molecule has 7 nitrogen and oxygen atoms in total. The number of hydrogen-bond donors (Lipinski definition) is 1. The van der Waals surface area contributed by atoms with Gasteiger partial charge >= 0.3 is 0 Å². The van der Waals surface area contributed by atoms with Crippen LogP contribution in [0, 0.1) is 6.92 Å². The van der Waals surface area contributed by atoms with E-state index in [4.69, 9.17) is 23.2 Å². The van der Waals surface area contributed by atoms with E-state index < -0.39 is 28.5 Å². The van der Waals surface area contributed by atoms with E-state index in [1.807, 2.05) is 50.2 Å². The van der Waals surface area contributed by atoms with Gasteiger partial charge in [0, 0.05) is 29.6 Å². The van der Waals surface area contributed by atoms with Crippen LogP contribution in [0.15, 0.2) is 108 Å². The van der Waals surface area contributed by atoms with Gasteiger partial charge in [-0.2, -0.15) is 0 Å². The summed E-state index contributed by atoms with van der Waals surface area (Å²) >= 11 is 12.4. The molecule has 2 amide bonds. The molecule has 1 N–H and O–H groups in total. The molecule has 1 atom stereocenters. The molecular weight excluding hydrogens is 629 g/mol. The van der Waals surface area contributed by atoms with Gasteiger partial charge in [-0.05, 0) is 73.0 Å². The minimum atomic E-state index is -4.21. The zero-order chi connectivity index (χ0) is 32.4. The van der Waals surface area contributed by atoms with Crippen molar-refractivity contribution in [2.75, 3.05) is 17.4 Å². The lowest BCUT2D eigenvalue weighted by Crippen LogP contribution is -2.53. The number of carbonyl (C=O) groups is 2. The largest absolute Gasteiger partial charge is 0.354 e. The molecular formula is C35H37Cl2N3O4S. The minimum absolute atomic E-state index is 0.0141. The van der Waals surface area contributed by atoms with Crippen molar-refractivity contribution in [2.45, 2.75) is 50.6 Å². The highest BCUT2D eigenvalue weighted by Gasteiger charge is 2.34. The van der Waals surface area contributed by atoms with Crippen molar-refractivity contribution in [1.82, 2.24) is 10.2 Å². The Kier molecular flexibility index (Phi) is 12.0. The summed E-state index contributed by atoms with van der Waals surface area (Å²) in [6, 6.07) is 28.3. The Morgan fingerprint density at radius 3 is 2.13 bits per heavy atom. The number of nitrogens with one attached hydrogen (secondary N) is 1. The fourth-order valence-corrected chi connectivity index (χ4v) is 6.62. The SMILES string of the molecule is CCCCNC(=O)[C@H](Cc1ccccc1)N(Cc1cccc(Cl)c1)C(=O)CN(c1ccc(C)cc1)S(=O)(=O)c1ccc(Cl)cc1. The average Bonchev–Trinajstić information content (AvgIpc) is 3.02. The lowest BCUT2D eigenvalue weighted by atomic mass is 10.0. The second kappa shape index (κ2) is 15.9. The van der Waals surface area contributed by atoms with Crippen molar-refractivity contribution in [3.8, 4) is 0 Å². The molecule has 0 aliphatic rings. The number of amides is 2. The van der Waals surface area contributed by atoms with Crippen molar-refractivity contribution in [3.63, 3.8) is 0 Å². The smallest absolute Gasteiger partial charge is 0.264 e. The van der Waals surface area contributed by atoms with E-state index in [2.05, 4.69) is 5.32 Å². The molecule has 0 radical (unpaired) electrons. The van der Waals surface area contributed by atoms with Crippen molar-refractivity contribution in [2.24, 2.45) is 0 Å². The first-order valence-corrected chi connectivity index (χ1v) is 17.0. The first kappa shape index (κ1) is 34.0. The number of unbranched alkanes of at least 4 members (excludes halogenated alkanes) is 1. The molecule has 0 spiro atoms. The van der Waals surface area contributed by atoms with Crippen LogP contribution in [0.4, 0.5) is 5.69 Å². The number of carbonyl (C=O) groups excluding carboxylic acids is 2. The Morgan fingerprint density at radius 2 is 1.49 bits per heavy atom. The van der Waals surface area contributed by atoms with Crippen LogP contribution in [0.5, 0.6) is 0 Å². The maximum atomic E-state index is 14.5. The van der Waals surface area contributed by atoms with E-state index in [1.165, 1.54) is 29.2 Å². The molecule has 4 rings (SSSR count). The van der Waals surface area contributed by atoms with Gasteiger partial charge in [-0.15, -0.1) is 0 Å². The quantitative estimate of drug-likeness (QED) is 0.146. The van der Waals surface area contributed by atoms with E-state index in [9.17, 15) is 18.0 Å². The van der Waals surface area contributed by atoms with Gasteiger partial charge in [0.15, 0.2) is 0 Å². The van der Waals surface area contributed by atoms with Crippen LogP contribution in [-0.4, -0.2) is 44.3 Å². The highest BCUT2D eigenvalue weighted by molar-refractivity contribution is 7.92. The second-order valence-corrected chi connectivity index (χ2v) is 13.5. The molecule has 0 aromatic heterocycles. The highest BCUT2D eigenvalue weighted by atomic mass is 35.5. The molecule has 0 heterocycles. The first-order chi connectivity index (χ1) is 21.6. The van der Waals surface area contributed by atoms with Gasteiger partial charge in [-0.1, -0.05) is 96.7 Å². The molecule has 236 valence electrons. The van der Waals surface area contributed by atoms with Crippen molar-refractivity contribution >= 4 is 50.7 Å². The monoisotopic (exact) mass is 665 g/mol. The maximum absolute atomic E-state index is 14.5. The topological polar surface area (TPSA) is 86.8 Å². The lowest BCUT2D eigenvalue weighted by molar-refractivity contribution is -0.140. The molecule has 0 bridgehead atoms. The Labute approximate surface area is 275 Å². The predicted octanol–water partition coefficient (Wildman–Crippen LogP) is 7.05. The molecule has 0 fully saturated rings. The summed E-state index contributed by atoms with van der Waals surface area (Å²) in [5, 5.41) is 3.86. The van der Waals surface area contributed by atoms with Crippen molar-refractivity contribution < 1.29 is 18.0 Å². The number of anilines is 1. The van der Waals surface area contributed by atoms with E-state index in [0.717, 1.165) is 28.3 Å². The first-order valence-electron chi connectivity index (χ1n) is 14.8. The Bertz CT molecular complexity index is 1680. The van der Waals surface area contributed by atoms with E-state index in [0.29, 0.717) is 27.8 Å². The molecule has 0 unspecified atom stereocenters. The molecule has 4 aromatic rings. The van der Waals surface area contributed by atoms with Crippen LogP contribution in [0.3, 0.4) is 0 Å². The third-order valence-corrected chi connectivity index (χ3v) is 9.62. The Hall–Kier alpha value is -3.85. The van der Waals surface area contributed by atoms with Gasteiger partial charge in [-0.3, -0.25) is 13.9 Å². The number of rotatable bonds is 14. The number of aryl methyl sites for hydroxylation is 1. The third-order valence-electron chi connectivity index (χ3n) is 7.35. The molecule has 0 saturated heterocycles. The number of hydrogen-bond acceptors (Lipinski definition) is 4. The summed E-state index contributed by atoms with van der Waals surface area (Å²) in [6.07, 6.45) is 1.91. The zero-order valence-corrected chi connectivity index (χ0v) is 27.7. The van der Waals surface area contributed by atoms with Gasteiger partial charge in [-0.25, -0.2) is 8.42 Å². The van der Waals surface area contributed by atoms with Crippen LogP contribution >= 0.6 is 23.2 Å². The molecule has 0 aliphatic carbocycles. The summed E-state index contributed by atoms with van der Waals surface area (Å²) in [7, 11) is -4.21. The fourth-order valence-electron chi connectivity index (χ4n) is 4.87. The number of nitrogens with zero attached hydrogens (tertiary/aromatic N) is 2. The third kappa shape index (κ3) is 9.33. The van der Waals surface area contributed by atoms with Crippen molar-refractivity contribution in [1.29, 1.82) is 0 Å². The van der Waals surface area contributed by atoms with E-state index in [1.54, 1.807) is 42.5 Å². The van der Waals surface area contributed by atoms with Crippen molar-refractivity contribution in [3.05, 3.63) is 130 Å². The predicted molar refractivity (Wildman–Crippen MR) is 181 cm³/mol. The zero-order valence-electron chi connectivity index (χ0n) is 25.3. The maximum Gasteiger partial charge on any atom is 0.264 e. The summed E-state index contributed by atoms with van der Waals surface area (Å²) < 4.78 is 29.2. The van der Waals surface area contributed by atoms with Crippen LogP contribution in [0.2, 0.25) is 10.0 Å². The van der Waals surface area contributed by atoms with Gasteiger partial charge < -0.3 is 10.2 Å². The van der Waals surface area contributed by atoms with Crippen LogP contribution in [0.1, 0.15) is 36.5 Å². The van der Waals surface area contributed by atoms with Gasteiger partial charge in [0.05, 0.1) is 10.6 Å². The summed E-state index contributed by atoms with van der Waals surface area (Å²) in [5.74, 6) is -0.857. The number of halogens is 2. The van der Waals surface area contributed by atoms with Crippen LogP contribution < -0.4 is 9.62 Å². The molecule has 4 aromatic carbocycles. The second-order valence-electron chi connectivity index (χ2n) is 10.8. The van der Waals surface area contributed by atoms with Crippen LogP contribution in [-0.2, 0) is 32.6 Å². The van der Waals surface area contributed by atoms with Crippen LogP contribution in [0.25, 0.3) is 0 Å². The Balaban J connectivity index is 1.78. The molecule has 10 heteroatoms. The normalized spacial score (nSPS) is 11.9. The summed E-state index contributed by atoms with van der Waals surface area (Å²) in [6.45, 7) is 3.89. The average molecular weight is 667 g/mol. The summed E-state index contributed by atoms with van der Waals surface area (Å²) in [4.78, 5) is 29.7. The number of benzene rings is 4. The minimum Gasteiger partial charge on any atom is -0.354 e. The summed E-state index contributed by atoms with van der Waals surface area (Å²) in [5.41, 5.74) is 2.82. The lowest BCUT2D eigenvalue weighted by Gasteiger charge is -2.34. The van der Waals surface area contributed by atoms with Gasteiger partial charge in [0.25, 0.3) is 10.0 Å². The van der Waals surface area contributed by atoms with E-state index >= 15 is 0 Å². The van der Waals surface area contributed by atoms with Gasteiger partial charge in [0.2, 0.25) is 11.8 Å². The van der Waals surface area contributed by atoms with E-state index in [-0.39, 0.29) is 23.8 Å². The standard InChI is InChI=1S/C35H37Cl2N3O4S/c1-3-4-21-38-35(42)33(23-27-9-6-5-7-10-27)39(24-28-11-8-12-30(37)22-28)34(41)25-40(31-17-13-26(2)14-18-31)45(43,44)32-19-15-29(36)16-20-32/h5-20,22,33H,3-4,21,23-25H2,1-2H3,(H,38,42)/t33-/m0/s1. The molecule has 0 aliphatic heterocycles.